The average Bonchev–Trinajstić information content (AvgIpc) is 3.24. The number of ether oxygens (including phenoxy) is 2. The predicted molar refractivity (Wildman–Crippen MR) is 70.1 cm³/mol. The topological polar surface area (TPSA) is 50.7 Å². The normalized spacial score (nSPS) is 16.2. The predicted octanol–water partition coefficient (Wildman–Crippen LogP) is 2.16. The highest BCUT2D eigenvalue weighted by molar-refractivity contribution is 5.46. The minimum atomic E-state index is -2.90. The van der Waals surface area contributed by atoms with Gasteiger partial charge in [-0.1, -0.05) is 12.1 Å². The minimum Gasteiger partial charge on any atom is -0.493 e. The van der Waals surface area contributed by atoms with E-state index in [1.807, 2.05) is 0 Å². The first-order valence-electron chi connectivity index (χ1n) is 6.61. The number of aliphatic hydroxyl groups is 1. The van der Waals surface area contributed by atoms with Gasteiger partial charge in [0.1, 0.15) is 0 Å². The highest BCUT2D eigenvalue weighted by atomic mass is 19.3. The monoisotopic (exact) mass is 287 g/mol. The van der Waals surface area contributed by atoms with Crippen molar-refractivity contribution in [1.82, 2.24) is 5.32 Å². The van der Waals surface area contributed by atoms with E-state index in [2.05, 4.69) is 10.1 Å². The number of rotatable bonds is 8. The van der Waals surface area contributed by atoms with Gasteiger partial charge < -0.3 is 19.9 Å². The van der Waals surface area contributed by atoms with E-state index in [1.165, 1.54) is 7.11 Å². The van der Waals surface area contributed by atoms with Crippen LogP contribution in [-0.4, -0.2) is 31.5 Å². The first kappa shape index (κ1) is 15.0. The van der Waals surface area contributed by atoms with Crippen LogP contribution in [0.2, 0.25) is 0 Å². The van der Waals surface area contributed by atoms with Crippen molar-refractivity contribution in [3.8, 4) is 11.5 Å². The molecule has 0 bridgehead atoms. The Morgan fingerprint density at radius 3 is 2.75 bits per heavy atom. The van der Waals surface area contributed by atoms with Crippen molar-refractivity contribution >= 4 is 0 Å². The second kappa shape index (κ2) is 6.85. The van der Waals surface area contributed by atoms with E-state index in [4.69, 9.17) is 4.74 Å². The zero-order valence-corrected chi connectivity index (χ0v) is 11.3. The lowest BCUT2D eigenvalue weighted by atomic mass is 10.1. The van der Waals surface area contributed by atoms with E-state index in [0.717, 1.165) is 12.8 Å². The van der Waals surface area contributed by atoms with Gasteiger partial charge in [0.05, 0.1) is 13.2 Å². The van der Waals surface area contributed by atoms with E-state index in [1.54, 1.807) is 18.2 Å². The molecule has 1 aliphatic carbocycles. The van der Waals surface area contributed by atoms with Gasteiger partial charge in [0.15, 0.2) is 11.5 Å². The van der Waals surface area contributed by atoms with Gasteiger partial charge in [-0.05, 0) is 24.8 Å². The summed E-state index contributed by atoms with van der Waals surface area (Å²) in [6.07, 6.45) is 1.74. The van der Waals surface area contributed by atoms with Crippen molar-refractivity contribution < 1.29 is 23.4 Å². The van der Waals surface area contributed by atoms with Gasteiger partial charge in [0.2, 0.25) is 0 Å². The van der Waals surface area contributed by atoms with Crippen LogP contribution in [0.3, 0.4) is 0 Å². The van der Waals surface area contributed by atoms with Crippen molar-refractivity contribution in [2.45, 2.75) is 32.1 Å². The average molecular weight is 287 g/mol. The first-order valence-corrected chi connectivity index (χ1v) is 6.61. The molecule has 0 radical (unpaired) electrons. The van der Waals surface area contributed by atoms with Crippen molar-refractivity contribution in [3.63, 3.8) is 0 Å². The lowest BCUT2D eigenvalue weighted by molar-refractivity contribution is -0.0519. The smallest absolute Gasteiger partial charge is 0.387 e. The molecular weight excluding hydrogens is 268 g/mol. The van der Waals surface area contributed by atoms with Crippen LogP contribution in [0.15, 0.2) is 18.2 Å². The zero-order chi connectivity index (χ0) is 14.5. The number of alkyl halides is 2. The quantitative estimate of drug-likeness (QED) is 0.769. The van der Waals surface area contributed by atoms with Gasteiger partial charge in [0, 0.05) is 18.7 Å². The Balaban J connectivity index is 1.97. The van der Waals surface area contributed by atoms with Gasteiger partial charge in [-0.25, -0.2) is 0 Å². The molecule has 1 aliphatic rings. The van der Waals surface area contributed by atoms with Gasteiger partial charge in [-0.3, -0.25) is 0 Å². The molecule has 0 saturated heterocycles. The molecule has 1 aromatic rings. The Hall–Kier alpha value is -1.40. The maximum atomic E-state index is 12.4. The molecule has 2 rings (SSSR count). The molecule has 0 amide bonds. The molecule has 112 valence electrons. The fraction of sp³-hybridized carbons (Fsp3) is 0.571. The molecule has 0 aromatic heterocycles. The van der Waals surface area contributed by atoms with Crippen LogP contribution in [0.25, 0.3) is 0 Å². The van der Waals surface area contributed by atoms with Crippen LogP contribution >= 0.6 is 0 Å². The largest absolute Gasteiger partial charge is 0.493 e. The number of hydrogen-bond acceptors (Lipinski definition) is 4. The van der Waals surface area contributed by atoms with Gasteiger partial charge >= 0.3 is 6.61 Å². The second-order valence-electron chi connectivity index (χ2n) is 4.86. The summed E-state index contributed by atoms with van der Waals surface area (Å²) in [5, 5.41) is 12.8. The Kier molecular flexibility index (Phi) is 5.14. The lowest BCUT2D eigenvalue weighted by Crippen LogP contribution is -2.28. The molecule has 1 fully saturated rings. The van der Waals surface area contributed by atoms with Crippen LogP contribution < -0.4 is 14.8 Å². The molecule has 1 atom stereocenters. The molecule has 0 heterocycles. The summed E-state index contributed by atoms with van der Waals surface area (Å²) in [5.74, 6) is 0.690. The van der Waals surface area contributed by atoms with Crippen LogP contribution in [0.4, 0.5) is 8.78 Å². The third kappa shape index (κ3) is 4.05. The summed E-state index contributed by atoms with van der Waals surface area (Å²) in [7, 11) is 1.40. The summed E-state index contributed by atoms with van der Waals surface area (Å²) in [5.41, 5.74) is 0.577. The molecule has 2 N–H and O–H groups in total. The molecule has 0 aliphatic heterocycles. The van der Waals surface area contributed by atoms with E-state index in [9.17, 15) is 13.9 Å². The van der Waals surface area contributed by atoms with Crippen LogP contribution in [0, 0.1) is 5.92 Å². The fourth-order valence-electron chi connectivity index (χ4n) is 2.09. The van der Waals surface area contributed by atoms with Crippen molar-refractivity contribution in [2.75, 3.05) is 13.7 Å². The van der Waals surface area contributed by atoms with Crippen molar-refractivity contribution in [3.05, 3.63) is 23.8 Å². The molecular formula is C14H19F2NO3. The van der Waals surface area contributed by atoms with Crippen molar-refractivity contribution in [1.29, 1.82) is 0 Å². The number of para-hydroxylation sites is 1. The third-order valence-electron chi connectivity index (χ3n) is 3.32. The molecule has 6 heteroatoms. The number of aliphatic hydroxyl groups excluding tert-OH is 1. The van der Waals surface area contributed by atoms with Crippen molar-refractivity contribution in [2.24, 2.45) is 5.92 Å². The summed E-state index contributed by atoms with van der Waals surface area (Å²) in [6, 6.07) is 4.97. The lowest BCUT2D eigenvalue weighted by Gasteiger charge is -2.16. The molecule has 20 heavy (non-hydrogen) atoms. The number of benzene rings is 1. The summed E-state index contributed by atoms with van der Waals surface area (Å²) in [6.45, 7) is -2.12. The van der Waals surface area contributed by atoms with Crippen LogP contribution in [0.1, 0.15) is 18.4 Å². The molecule has 4 nitrogen and oxygen atoms in total. The van der Waals surface area contributed by atoms with Crippen LogP contribution in [-0.2, 0) is 6.54 Å². The summed E-state index contributed by atoms with van der Waals surface area (Å²) < 4.78 is 34.4. The van der Waals surface area contributed by atoms with E-state index in [-0.39, 0.29) is 17.6 Å². The SMILES string of the molecule is COc1cccc(CNCC(O)C2CC2)c1OC(F)F. The Labute approximate surface area is 116 Å². The number of nitrogens with one attached hydrogen (secondary N) is 1. The first-order chi connectivity index (χ1) is 9.61. The standard InChI is InChI=1S/C14H19F2NO3/c1-19-12-4-2-3-10(13(12)20-14(15)16)7-17-8-11(18)9-5-6-9/h2-4,9,11,14,17-18H,5-8H2,1H3. The molecule has 0 spiro atoms. The molecule has 1 aromatic carbocycles. The third-order valence-corrected chi connectivity index (χ3v) is 3.32. The number of methoxy groups -OCH3 is 1. The maximum Gasteiger partial charge on any atom is 0.387 e. The summed E-state index contributed by atoms with van der Waals surface area (Å²) in [4.78, 5) is 0. The van der Waals surface area contributed by atoms with Gasteiger partial charge in [-0.15, -0.1) is 0 Å². The molecule has 1 saturated carbocycles. The Bertz CT molecular complexity index is 438. The van der Waals surface area contributed by atoms with E-state index in [0.29, 0.717) is 24.6 Å². The minimum absolute atomic E-state index is 0.0402. The maximum absolute atomic E-state index is 12.4. The fourth-order valence-corrected chi connectivity index (χ4v) is 2.09. The van der Waals surface area contributed by atoms with Crippen LogP contribution in [0.5, 0.6) is 11.5 Å². The van der Waals surface area contributed by atoms with E-state index < -0.39 is 6.61 Å². The Morgan fingerprint density at radius 2 is 2.15 bits per heavy atom. The Morgan fingerprint density at radius 1 is 1.40 bits per heavy atom. The molecule has 1 unspecified atom stereocenters. The second-order valence-corrected chi connectivity index (χ2v) is 4.86. The highest BCUT2D eigenvalue weighted by Gasteiger charge is 2.29. The van der Waals surface area contributed by atoms with Gasteiger partial charge in [-0.2, -0.15) is 8.78 Å². The van der Waals surface area contributed by atoms with E-state index >= 15 is 0 Å². The zero-order valence-electron chi connectivity index (χ0n) is 11.3. The highest BCUT2D eigenvalue weighted by Crippen LogP contribution is 2.33. The number of hydrogen-bond donors (Lipinski definition) is 2. The number of halogens is 2. The van der Waals surface area contributed by atoms with Gasteiger partial charge in [0.25, 0.3) is 0 Å². The summed E-state index contributed by atoms with van der Waals surface area (Å²) >= 11 is 0.